The van der Waals surface area contributed by atoms with Gasteiger partial charge in [-0.15, -0.1) is 0 Å². The van der Waals surface area contributed by atoms with Crippen molar-refractivity contribution in [3.8, 4) is 0 Å². The topological polar surface area (TPSA) is 65.8 Å². The van der Waals surface area contributed by atoms with Crippen molar-refractivity contribution in [2.45, 2.75) is 13.3 Å². The maximum Gasteiger partial charge on any atom is 0.291 e. The molecule has 0 aliphatic heterocycles. The van der Waals surface area contributed by atoms with E-state index < -0.39 is 0 Å². The van der Waals surface area contributed by atoms with Gasteiger partial charge in [-0.05, 0) is 66.8 Å². The van der Waals surface area contributed by atoms with Crippen LogP contribution in [-0.4, -0.2) is 55.3 Å². The van der Waals surface area contributed by atoms with E-state index >= 15 is 0 Å². The Bertz CT molecular complexity index is 758. The Labute approximate surface area is 162 Å². The molecule has 0 aliphatic rings. The molecule has 0 bridgehead atoms. The number of nitrogens with zero attached hydrogens (tertiary/aromatic N) is 2. The van der Waals surface area contributed by atoms with Crippen molar-refractivity contribution in [3.05, 3.63) is 52.4 Å². The molecular formula is C19H24BrN3O3. The number of anilines is 1. The number of nitrogens with one attached hydrogen (secondary N) is 1. The molecule has 2 rings (SSSR count). The van der Waals surface area contributed by atoms with Gasteiger partial charge in [-0.3, -0.25) is 9.59 Å². The van der Waals surface area contributed by atoms with Crippen LogP contribution >= 0.6 is 15.9 Å². The maximum atomic E-state index is 12.8. The van der Waals surface area contributed by atoms with Crippen LogP contribution < -0.4 is 5.32 Å². The highest BCUT2D eigenvalue weighted by Crippen LogP contribution is 2.17. The molecule has 2 aromatic rings. The molecular weight excluding hydrogens is 398 g/mol. The molecule has 0 spiro atoms. The number of hydrogen-bond acceptors (Lipinski definition) is 4. The van der Waals surface area contributed by atoms with Gasteiger partial charge in [0.1, 0.15) is 0 Å². The van der Waals surface area contributed by atoms with E-state index in [0.29, 0.717) is 29.0 Å². The average molecular weight is 422 g/mol. The van der Waals surface area contributed by atoms with Crippen LogP contribution in [0.3, 0.4) is 0 Å². The van der Waals surface area contributed by atoms with E-state index in [-0.39, 0.29) is 17.6 Å². The van der Waals surface area contributed by atoms with Crippen LogP contribution in [0, 0.1) is 0 Å². The van der Waals surface area contributed by atoms with Crippen LogP contribution in [0.5, 0.6) is 0 Å². The first-order chi connectivity index (χ1) is 12.4. The number of likely N-dealkylation sites (N-methyl/N-ethyl adjacent to an activating group) is 1. The van der Waals surface area contributed by atoms with Crippen LogP contribution in [0.1, 0.15) is 34.3 Å². The number of furan rings is 1. The second kappa shape index (κ2) is 9.54. The predicted octanol–water partition coefficient (Wildman–Crippen LogP) is 3.71. The summed E-state index contributed by atoms with van der Waals surface area (Å²) in [5.74, 6) is -0.198. The monoisotopic (exact) mass is 421 g/mol. The fourth-order valence-corrected chi connectivity index (χ4v) is 2.75. The van der Waals surface area contributed by atoms with Crippen LogP contribution in [0.25, 0.3) is 0 Å². The minimum atomic E-state index is -0.363. The van der Waals surface area contributed by atoms with Gasteiger partial charge in [-0.2, -0.15) is 0 Å². The van der Waals surface area contributed by atoms with E-state index in [4.69, 9.17) is 4.42 Å². The fraction of sp³-hybridized carbons (Fsp3) is 0.368. The Morgan fingerprint density at radius 2 is 1.88 bits per heavy atom. The third kappa shape index (κ3) is 5.71. The van der Waals surface area contributed by atoms with E-state index in [1.54, 1.807) is 36.4 Å². The van der Waals surface area contributed by atoms with Gasteiger partial charge in [0.05, 0.1) is 0 Å². The normalized spacial score (nSPS) is 10.8. The molecule has 1 heterocycles. The Morgan fingerprint density at radius 3 is 2.50 bits per heavy atom. The third-order valence-corrected chi connectivity index (χ3v) is 4.19. The Balaban J connectivity index is 2.10. The number of hydrogen-bond donors (Lipinski definition) is 1. The number of carbonyl (C=O) groups excluding carboxylic acids is 2. The molecule has 26 heavy (non-hydrogen) atoms. The summed E-state index contributed by atoms with van der Waals surface area (Å²) in [6, 6.07) is 10.2. The molecule has 0 saturated heterocycles. The Hall–Kier alpha value is -2.12. The highest BCUT2D eigenvalue weighted by molar-refractivity contribution is 9.10. The van der Waals surface area contributed by atoms with E-state index in [1.807, 2.05) is 30.8 Å². The van der Waals surface area contributed by atoms with Crippen LogP contribution in [0.15, 0.2) is 45.5 Å². The van der Waals surface area contributed by atoms with Crippen LogP contribution in [0.4, 0.5) is 5.69 Å². The summed E-state index contributed by atoms with van der Waals surface area (Å²) < 4.78 is 5.73. The molecule has 1 aromatic heterocycles. The van der Waals surface area contributed by atoms with Crippen LogP contribution in [0.2, 0.25) is 0 Å². The smallest absolute Gasteiger partial charge is 0.291 e. The van der Waals surface area contributed by atoms with E-state index in [1.165, 1.54) is 0 Å². The van der Waals surface area contributed by atoms with Gasteiger partial charge in [0.2, 0.25) is 0 Å². The molecule has 6 nitrogen and oxygen atoms in total. The van der Waals surface area contributed by atoms with Crippen molar-refractivity contribution in [3.63, 3.8) is 0 Å². The first-order valence-corrected chi connectivity index (χ1v) is 9.30. The minimum Gasteiger partial charge on any atom is -0.444 e. The third-order valence-electron chi connectivity index (χ3n) is 3.76. The minimum absolute atomic E-state index is 0.0365. The molecule has 0 saturated carbocycles. The van der Waals surface area contributed by atoms with Gasteiger partial charge in [0, 0.05) is 30.9 Å². The molecule has 0 atom stereocenters. The highest BCUT2D eigenvalue weighted by Gasteiger charge is 2.16. The molecule has 2 amide bonds. The van der Waals surface area contributed by atoms with Gasteiger partial charge in [-0.25, -0.2) is 0 Å². The number of amides is 2. The summed E-state index contributed by atoms with van der Waals surface area (Å²) >= 11 is 3.17. The fourth-order valence-electron chi connectivity index (χ4n) is 2.45. The van der Waals surface area contributed by atoms with Gasteiger partial charge in [-0.1, -0.05) is 13.0 Å². The maximum absolute atomic E-state index is 12.8. The van der Waals surface area contributed by atoms with E-state index in [9.17, 15) is 9.59 Å². The summed E-state index contributed by atoms with van der Waals surface area (Å²) in [4.78, 5) is 28.9. The molecule has 1 aromatic carbocycles. The lowest BCUT2D eigenvalue weighted by atomic mass is 10.1. The van der Waals surface area contributed by atoms with Gasteiger partial charge < -0.3 is 19.5 Å². The second-order valence-electron chi connectivity index (χ2n) is 6.23. The van der Waals surface area contributed by atoms with Gasteiger partial charge >= 0.3 is 0 Å². The largest absolute Gasteiger partial charge is 0.444 e. The molecule has 7 heteroatoms. The molecule has 0 aliphatic carbocycles. The lowest BCUT2D eigenvalue weighted by molar-refractivity contribution is 0.0744. The first-order valence-electron chi connectivity index (χ1n) is 8.51. The summed E-state index contributed by atoms with van der Waals surface area (Å²) in [6.07, 6.45) is 0.892. The van der Waals surface area contributed by atoms with Gasteiger partial charge in [0.15, 0.2) is 10.4 Å². The van der Waals surface area contributed by atoms with Crippen molar-refractivity contribution in [1.82, 2.24) is 9.80 Å². The molecule has 0 radical (unpaired) electrons. The lowest BCUT2D eigenvalue weighted by Gasteiger charge is -2.24. The average Bonchev–Trinajstić information content (AvgIpc) is 3.04. The Kier molecular flexibility index (Phi) is 7.41. The summed E-state index contributed by atoms with van der Waals surface area (Å²) in [6.45, 7) is 4.21. The molecule has 1 N–H and O–H groups in total. The van der Waals surface area contributed by atoms with Crippen molar-refractivity contribution in [1.29, 1.82) is 0 Å². The lowest BCUT2D eigenvalue weighted by Crippen LogP contribution is -2.37. The molecule has 0 unspecified atom stereocenters. The molecule has 0 fully saturated rings. The summed E-state index contributed by atoms with van der Waals surface area (Å²) in [5.41, 5.74) is 1.10. The summed E-state index contributed by atoms with van der Waals surface area (Å²) in [7, 11) is 3.97. The van der Waals surface area contributed by atoms with Crippen molar-refractivity contribution in [2.24, 2.45) is 0 Å². The van der Waals surface area contributed by atoms with Crippen molar-refractivity contribution in [2.75, 3.05) is 39.0 Å². The van der Waals surface area contributed by atoms with Crippen molar-refractivity contribution >= 4 is 33.4 Å². The predicted molar refractivity (Wildman–Crippen MR) is 106 cm³/mol. The van der Waals surface area contributed by atoms with E-state index in [0.717, 1.165) is 13.0 Å². The summed E-state index contributed by atoms with van der Waals surface area (Å²) in [5, 5.41) is 2.76. The van der Waals surface area contributed by atoms with Crippen molar-refractivity contribution < 1.29 is 14.0 Å². The second-order valence-corrected chi connectivity index (χ2v) is 7.02. The number of carbonyl (C=O) groups is 2. The Morgan fingerprint density at radius 1 is 1.12 bits per heavy atom. The number of benzene rings is 1. The zero-order valence-corrected chi connectivity index (χ0v) is 16.9. The number of halogens is 1. The quantitative estimate of drug-likeness (QED) is 0.705. The highest BCUT2D eigenvalue weighted by atomic mass is 79.9. The van der Waals surface area contributed by atoms with Gasteiger partial charge in [0.25, 0.3) is 11.8 Å². The van der Waals surface area contributed by atoms with E-state index in [2.05, 4.69) is 21.2 Å². The standard InChI is InChI=1S/C19H24BrN3O3/c1-4-10-23(12-11-22(2)3)19(25)14-6-5-7-15(13-14)21-18(24)16-8-9-17(20)26-16/h5-9,13H,4,10-12H2,1-3H3,(H,21,24). The zero-order valence-electron chi connectivity index (χ0n) is 15.3. The van der Waals surface area contributed by atoms with Crippen LogP contribution in [-0.2, 0) is 0 Å². The first kappa shape index (κ1) is 20.2. The molecule has 140 valence electrons. The zero-order chi connectivity index (χ0) is 19.1. The SMILES string of the molecule is CCCN(CCN(C)C)C(=O)c1cccc(NC(=O)c2ccc(Br)o2)c1. The number of rotatable bonds is 8.